The van der Waals surface area contributed by atoms with Crippen LogP contribution in [0, 0.1) is 0 Å². The van der Waals surface area contributed by atoms with Crippen LogP contribution in [-0.4, -0.2) is 34.9 Å². The fourth-order valence-electron chi connectivity index (χ4n) is 1.90. The molecular formula is C9H10N4O2S. The third kappa shape index (κ3) is 1.35. The smallest absolute Gasteiger partial charge is 0.154 e. The SMILES string of the molecule is Nc1ccc2nnn(C3CS(=O)(=O)C3)c2c1. The summed E-state index contributed by atoms with van der Waals surface area (Å²) in [7, 11) is -2.86. The molecule has 0 spiro atoms. The van der Waals surface area contributed by atoms with Gasteiger partial charge < -0.3 is 5.73 Å². The standard InChI is InChI=1S/C9H10N4O2S/c10-6-1-2-8-9(3-6)13(12-11-8)7-4-16(14,15)5-7/h1-3,7H,4-5,10H2. The molecule has 1 aromatic heterocycles. The van der Waals surface area contributed by atoms with E-state index in [0.717, 1.165) is 11.0 Å². The summed E-state index contributed by atoms with van der Waals surface area (Å²) in [5, 5.41) is 7.94. The minimum atomic E-state index is -2.86. The molecule has 7 heteroatoms. The Kier molecular flexibility index (Phi) is 1.76. The van der Waals surface area contributed by atoms with E-state index in [0.29, 0.717) is 5.69 Å². The first-order valence-corrected chi connectivity index (χ1v) is 6.68. The van der Waals surface area contributed by atoms with E-state index in [1.807, 2.05) is 0 Å². The van der Waals surface area contributed by atoms with Gasteiger partial charge in [-0.1, -0.05) is 5.21 Å². The zero-order chi connectivity index (χ0) is 11.3. The molecule has 0 radical (unpaired) electrons. The fraction of sp³-hybridized carbons (Fsp3) is 0.333. The number of benzene rings is 1. The van der Waals surface area contributed by atoms with Crippen LogP contribution >= 0.6 is 0 Å². The summed E-state index contributed by atoms with van der Waals surface area (Å²) in [5.41, 5.74) is 7.83. The second-order valence-electron chi connectivity index (χ2n) is 4.01. The summed E-state index contributed by atoms with van der Waals surface area (Å²) in [6.07, 6.45) is 0. The third-order valence-corrected chi connectivity index (χ3v) is 4.52. The number of nitrogen functional groups attached to an aromatic ring is 1. The van der Waals surface area contributed by atoms with Crippen LogP contribution in [-0.2, 0) is 9.84 Å². The van der Waals surface area contributed by atoms with Gasteiger partial charge in [0.15, 0.2) is 9.84 Å². The molecular weight excluding hydrogens is 228 g/mol. The van der Waals surface area contributed by atoms with Gasteiger partial charge >= 0.3 is 0 Å². The minimum absolute atomic E-state index is 0.100. The van der Waals surface area contributed by atoms with Crippen LogP contribution in [0.2, 0.25) is 0 Å². The molecule has 3 rings (SSSR count). The molecule has 1 aliphatic heterocycles. The lowest BCUT2D eigenvalue weighted by Crippen LogP contribution is -2.38. The van der Waals surface area contributed by atoms with E-state index in [9.17, 15) is 8.42 Å². The van der Waals surface area contributed by atoms with Crippen LogP contribution in [0.4, 0.5) is 5.69 Å². The summed E-state index contributed by atoms with van der Waals surface area (Å²) in [5.74, 6) is 0.278. The van der Waals surface area contributed by atoms with E-state index in [1.54, 1.807) is 22.9 Å². The van der Waals surface area contributed by atoms with Crippen molar-refractivity contribution in [3.8, 4) is 0 Å². The van der Waals surface area contributed by atoms with Crippen molar-refractivity contribution in [3.05, 3.63) is 18.2 Å². The first-order valence-electron chi connectivity index (χ1n) is 4.86. The number of sulfone groups is 1. The Morgan fingerprint density at radius 2 is 2.12 bits per heavy atom. The van der Waals surface area contributed by atoms with Gasteiger partial charge in [-0.15, -0.1) is 5.10 Å². The molecule has 2 N–H and O–H groups in total. The molecule has 0 amide bonds. The first kappa shape index (κ1) is 9.59. The maximum Gasteiger partial charge on any atom is 0.154 e. The van der Waals surface area contributed by atoms with Gasteiger partial charge in [0.1, 0.15) is 5.52 Å². The highest BCUT2D eigenvalue weighted by Gasteiger charge is 2.36. The quantitative estimate of drug-likeness (QED) is 0.705. The van der Waals surface area contributed by atoms with E-state index in [4.69, 9.17) is 5.73 Å². The van der Waals surface area contributed by atoms with Gasteiger partial charge in [0.25, 0.3) is 0 Å². The Labute approximate surface area is 92.0 Å². The van der Waals surface area contributed by atoms with E-state index in [1.165, 1.54) is 0 Å². The normalized spacial score (nSPS) is 19.8. The van der Waals surface area contributed by atoms with E-state index in [2.05, 4.69) is 10.3 Å². The molecule has 84 valence electrons. The Morgan fingerprint density at radius 1 is 1.38 bits per heavy atom. The molecule has 16 heavy (non-hydrogen) atoms. The topological polar surface area (TPSA) is 90.9 Å². The molecule has 1 aliphatic rings. The average Bonchev–Trinajstić information content (AvgIpc) is 2.56. The lowest BCUT2D eigenvalue weighted by molar-refractivity contribution is 0.474. The second kappa shape index (κ2) is 2.94. The Bertz CT molecular complexity index is 649. The highest BCUT2D eigenvalue weighted by atomic mass is 32.2. The minimum Gasteiger partial charge on any atom is -0.399 e. The predicted octanol–water partition coefficient (Wildman–Crippen LogP) is -0.0170. The maximum absolute atomic E-state index is 11.1. The van der Waals surface area contributed by atoms with Gasteiger partial charge in [0, 0.05) is 5.69 Å². The number of nitrogens with zero attached hydrogens (tertiary/aromatic N) is 3. The fourth-order valence-corrected chi connectivity index (χ4v) is 3.26. The Morgan fingerprint density at radius 3 is 2.81 bits per heavy atom. The van der Waals surface area contributed by atoms with Gasteiger partial charge in [-0.25, -0.2) is 13.1 Å². The number of aromatic nitrogens is 3. The van der Waals surface area contributed by atoms with Gasteiger partial charge in [0.05, 0.1) is 23.1 Å². The van der Waals surface area contributed by atoms with Crippen molar-refractivity contribution in [2.45, 2.75) is 6.04 Å². The number of anilines is 1. The lowest BCUT2D eigenvalue weighted by Gasteiger charge is -2.25. The largest absolute Gasteiger partial charge is 0.399 e. The van der Waals surface area contributed by atoms with Crippen molar-refractivity contribution in [2.24, 2.45) is 0 Å². The predicted molar refractivity (Wildman–Crippen MR) is 59.6 cm³/mol. The molecule has 1 saturated heterocycles. The van der Waals surface area contributed by atoms with E-state index in [-0.39, 0.29) is 17.5 Å². The van der Waals surface area contributed by atoms with Crippen molar-refractivity contribution in [1.82, 2.24) is 15.0 Å². The summed E-state index contributed by atoms with van der Waals surface area (Å²) in [6, 6.07) is 5.19. The maximum atomic E-state index is 11.1. The molecule has 1 aromatic carbocycles. The van der Waals surface area contributed by atoms with Crippen molar-refractivity contribution in [3.63, 3.8) is 0 Å². The zero-order valence-corrected chi connectivity index (χ0v) is 9.18. The average molecular weight is 238 g/mol. The molecule has 0 atom stereocenters. The van der Waals surface area contributed by atoms with Crippen LogP contribution in [0.15, 0.2) is 18.2 Å². The van der Waals surface area contributed by atoms with E-state index < -0.39 is 9.84 Å². The van der Waals surface area contributed by atoms with Gasteiger partial charge in [-0.05, 0) is 18.2 Å². The number of rotatable bonds is 1. The van der Waals surface area contributed by atoms with Crippen molar-refractivity contribution in [2.75, 3.05) is 17.2 Å². The van der Waals surface area contributed by atoms with Gasteiger partial charge in [0.2, 0.25) is 0 Å². The van der Waals surface area contributed by atoms with Crippen LogP contribution in [0.25, 0.3) is 11.0 Å². The third-order valence-electron chi connectivity index (χ3n) is 2.73. The summed E-state index contributed by atoms with van der Waals surface area (Å²) in [4.78, 5) is 0. The highest BCUT2D eigenvalue weighted by molar-refractivity contribution is 7.92. The molecule has 0 saturated carbocycles. The second-order valence-corrected chi connectivity index (χ2v) is 6.17. The van der Waals surface area contributed by atoms with E-state index >= 15 is 0 Å². The number of fused-ring (bicyclic) bond motifs is 1. The van der Waals surface area contributed by atoms with Crippen LogP contribution < -0.4 is 5.73 Å². The lowest BCUT2D eigenvalue weighted by atomic mass is 10.2. The molecule has 2 heterocycles. The summed E-state index contributed by atoms with van der Waals surface area (Å²) < 4.78 is 23.9. The zero-order valence-electron chi connectivity index (χ0n) is 8.37. The number of hydrogen-bond donors (Lipinski definition) is 1. The molecule has 0 aliphatic carbocycles. The summed E-state index contributed by atoms with van der Waals surface area (Å²) in [6.45, 7) is 0. The summed E-state index contributed by atoms with van der Waals surface area (Å²) >= 11 is 0. The monoisotopic (exact) mass is 238 g/mol. The number of hydrogen-bond acceptors (Lipinski definition) is 5. The molecule has 6 nitrogen and oxygen atoms in total. The van der Waals surface area contributed by atoms with Crippen molar-refractivity contribution in [1.29, 1.82) is 0 Å². The van der Waals surface area contributed by atoms with Gasteiger partial charge in [-0.3, -0.25) is 0 Å². The molecule has 2 aromatic rings. The van der Waals surface area contributed by atoms with Gasteiger partial charge in [-0.2, -0.15) is 0 Å². The van der Waals surface area contributed by atoms with Crippen LogP contribution in [0.1, 0.15) is 6.04 Å². The first-order chi connectivity index (χ1) is 7.55. The van der Waals surface area contributed by atoms with Crippen LogP contribution in [0.3, 0.4) is 0 Å². The van der Waals surface area contributed by atoms with Crippen molar-refractivity contribution >= 4 is 26.6 Å². The molecule has 1 fully saturated rings. The van der Waals surface area contributed by atoms with Crippen LogP contribution in [0.5, 0.6) is 0 Å². The highest BCUT2D eigenvalue weighted by Crippen LogP contribution is 2.26. The number of nitrogens with two attached hydrogens (primary N) is 1. The Balaban J connectivity index is 2.08. The Hall–Kier alpha value is -1.63. The van der Waals surface area contributed by atoms with Crippen molar-refractivity contribution < 1.29 is 8.42 Å². The molecule has 0 bridgehead atoms. The molecule has 0 unspecified atom stereocenters.